The summed E-state index contributed by atoms with van der Waals surface area (Å²) in [6.07, 6.45) is 3.24. The minimum Gasteiger partial charge on any atom is -0.310 e. The molecule has 90 valence electrons. The zero-order valence-corrected chi connectivity index (χ0v) is 9.89. The summed E-state index contributed by atoms with van der Waals surface area (Å²) < 4.78 is 25.8. The largest absolute Gasteiger partial charge is 0.310 e. The van der Waals surface area contributed by atoms with E-state index in [-0.39, 0.29) is 0 Å². The fourth-order valence-electron chi connectivity index (χ4n) is 1.77. The maximum Gasteiger partial charge on any atom is 0.126 e. The summed E-state index contributed by atoms with van der Waals surface area (Å²) in [7, 11) is 0. The van der Waals surface area contributed by atoms with Crippen LogP contribution >= 0.6 is 0 Å². The molecule has 0 saturated carbocycles. The number of nitrogens with one attached hydrogen (secondary N) is 1. The lowest BCUT2D eigenvalue weighted by molar-refractivity contribution is 0.460. The third-order valence-electron chi connectivity index (χ3n) is 2.65. The smallest absolute Gasteiger partial charge is 0.126 e. The predicted molar refractivity (Wildman–Crippen MR) is 62.2 cm³/mol. The molecular weight excluding hydrogens is 208 g/mol. The van der Waals surface area contributed by atoms with Crippen LogP contribution in [-0.2, 0) is 6.54 Å². The highest BCUT2D eigenvalue weighted by Gasteiger charge is 2.05. The van der Waals surface area contributed by atoms with Gasteiger partial charge in [0, 0.05) is 18.7 Å². The molecule has 1 atom stereocenters. The van der Waals surface area contributed by atoms with Gasteiger partial charge in [0.1, 0.15) is 11.6 Å². The fourth-order valence-corrected chi connectivity index (χ4v) is 1.77. The van der Waals surface area contributed by atoms with Gasteiger partial charge in [-0.15, -0.1) is 0 Å². The third kappa shape index (κ3) is 4.27. The molecule has 0 amide bonds. The van der Waals surface area contributed by atoms with Crippen LogP contribution in [0.2, 0.25) is 0 Å². The van der Waals surface area contributed by atoms with E-state index in [0.717, 1.165) is 25.3 Å². The SMILES string of the molecule is CCCC(CC)NCc1cc(F)cc(F)c1. The molecule has 1 N–H and O–H groups in total. The Morgan fingerprint density at radius 3 is 2.25 bits per heavy atom. The summed E-state index contributed by atoms with van der Waals surface area (Å²) in [6.45, 7) is 4.76. The van der Waals surface area contributed by atoms with Gasteiger partial charge in [-0.25, -0.2) is 8.78 Å². The van der Waals surface area contributed by atoms with Gasteiger partial charge >= 0.3 is 0 Å². The molecule has 0 spiro atoms. The summed E-state index contributed by atoms with van der Waals surface area (Å²) in [4.78, 5) is 0. The van der Waals surface area contributed by atoms with Crippen LogP contribution in [0, 0.1) is 11.6 Å². The summed E-state index contributed by atoms with van der Waals surface area (Å²) >= 11 is 0. The Bertz CT molecular complexity index is 305. The normalized spacial score (nSPS) is 12.8. The highest BCUT2D eigenvalue weighted by molar-refractivity contribution is 5.17. The van der Waals surface area contributed by atoms with Crippen LogP contribution in [0.15, 0.2) is 18.2 Å². The van der Waals surface area contributed by atoms with Gasteiger partial charge < -0.3 is 5.32 Å². The van der Waals surface area contributed by atoms with Crippen molar-refractivity contribution in [1.29, 1.82) is 0 Å². The van der Waals surface area contributed by atoms with Gasteiger partial charge in [0.05, 0.1) is 0 Å². The molecule has 1 nitrogen and oxygen atoms in total. The van der Waals surface area contributed by atoms with E-state index >= 15 is 0 Å². The number of hydrogen-bond acceptors (Lipinski definition) is 1. The van der Waals surface area contributed by atoms with E-state index in [9.17, 15) is 8.78 Å². The van der Waals surface area contributed by atoms with E-state index in [0.29, 0.717) is 18.2 Å². The van der Waals surface area contributed by atoms with Crippen molar-refractivity contribution in [3.8, 4) is 0 Å². The van der Waals surface area contributed by atoms with E-state index in [1.165, 1.54) is 12.1 Å². The first-order valence-electron chi connectivity index (χ1n) is 5.84. The van der Waals surface area contributed by atoms with Crippen LogP contribution in [0.4, 0.5) is 8.78 Å². The lowest BCUT2D eigenvalue weighted by atomic mass is 10.1. The molecule has 0 aliphatic carbocycles. The first-order chi connectivity index (χ1) is 7.65. The van der Waals surface area contributed by atoms with Gasteiger partial charge in [0.25, 0.3) is 0 Å². The van der Waals surface area contributed by atoms with Crippen molar-refractivity contribution >= 4 is 0 Å². The highest BCUT2D eigenvalue weighted by Crippen LogP contribution is 2.09. The predicted octanol–water partition coefficient (Wildman–Crippen LogP) is 3.63. The molecule has 0 aliphatic heterocycles. The number of rotatable bonds is 6. The van der Waals surface area contributed by atoms with Crippen LogP contribution in [0.25, 0.3) is 0 Å². The first-order valence-corrected chi connectivity index (χ1v) is 5.84. The maximum absolute atomic E-state index is 12.9. The van der Waals surface area contributed by atoms with Crippen LogP contribution in [0.3, 0.4) is 0 Å². The Hall–Kier alpha value is -0.960. The second-order valence-corrected chi connectivity index (χ2v) is 4.05. The maximum atomic E-state index is 12.9. The average Bonchev–Trinajstić information content (AvgIpc) is 2.23. The van der Waals surface area contributed by atoms with Crippen molar-refractivity contribution in [2.75, 3.05) is 0 Å². The summed E-state index contributed by atoms with van der Waals surface area (Å²) in [6, 6.07) is 4.06. The van der Waals surface area contributed by atoms with E-state index in [2.05, 4.69) is 19.2 Å². The standard InChI is InChI=1S/C13H19F2N/c1-3-5-13(4-2)16-9-10-6-11(14)8-12(15)7-10/h6-8,13,16H,3-5,9H2,1-2H3. The van der Waals surface area contributed by atoms with Crippen molar-refractivity contribution in [3.05, 3.63) is 35.4 Å². The topological polar surface area (TPSA) is 12.0 Å². The van der Waals surface area contributed by atoms with Crippen LogP contribution in [-0.4, -0.2) is 6.04 Å². The molecule has 0 aliphatic rings. The van der Waals surface area contributed by atoms with Crippen LogP contribution in [0.1, 0.15) is 38.7 Å². The van der Waals surface area contributed by atoms with Gasteiger partial charge in [-0.05, 0) is 30.5 Å². The van der Waals surface area contributed by atoms with Crippen molar-refractivity contribution in [2.45, 2.75) is 45.7 Å². The molecule has 0 aromatic heterocycles. The quantitative estimate of drug-likeness (QED) is 0.782. The molecule has 1 aromatic rings. The molecule has 0 radical (unpaired) electrons. The monoisotopic (exact) mass is 227 g/mol. The lowest BCUT2D eigenvalue weighted by Crippen LogP contribution is -2.27. The van der Waals surface area contributed by atoms with Gasteiger partial charge in [0.15, 0.2) is 0 Å². The Labute approximate surface area is 95.9 Å². The number of benzene rings is 1. The van der Waals surface area contributed by atoms with Crippen LogP contribution in [0.5, 0.6) is 0 Å². The lowest BCUT2D eigenvalue weighted by Gasteiger charge is -2.16. The molecule has 0 heterocycles. The minimum absolute atomic E-state index is 0.427. The second kappa shape index (κ2) is 6.59. The van der Waals surface area contributed by atoms with Gasteiger partial charge in [0.2, 0.25) is 0 Å². The molecule has 1 aromatic carbocycles. The highest BCUT2D eigenvalue weighted by atomic mass is 19.1. The second-order valence-electron chi connectivity index (χ2n) is 4.05. The van der Waals surface area contributed by atoms with Crippen molar-refractivity contribution in [1.82, 2.24) is 5.32 Å². The van der Waals surface area contributed by atoms with Crippen molar-refractivity contribution < 1.29 is 8.78 Å². The van der Waals surface area contributed by atoms with Crippen molar-refractivity contribution in [3.63, 3.8) is 0 Å². The van der Waals surface area contributed by atoms with Gasteiger partial charge in [-0.3, -0.25) is 0 Å². The molecule has 16 heavy (non-hydrogen) atoms. The zero-order valence-electron chi connectivity index (χ0n) is 9.89. The average molecular weight is 227 g/mol. The molecule has 1 unspecified atom stereocenters. The van der Waals surface area contributed by atoms with E-state index in [1.54, 1.807) is 0 Å². The van der Waals surface area contributed by atoms with E-state index in [4.69, 9.17) is 0 Å². The van der Waals surface area contributed by atoms with E-state index in [1.807, 2.05) is 0 Å². The fraction of sp³-hybridized carbons (Fsp3) is 0.538. The molecular formula is C13H19F2N. The zero-order chi connectivity index (χ0) is 12.0. The molecule has 0 bridgehead atoms. The molecule has 3 heteroatoms. The number of halogens is 2. The van der Waals surface area contributed by atoms with E-state index < -0.39 is 11.6 Å². The summed E-state index contributed by atoms with van der Waals surface area (Å²) in [5.74, 6) is -1.03. The Morgan fingerprint density at radius 2 is 1.75 bits per heavy atom. The number of hydrogen-bond donors (Lipinski definition) is 1. The van der Waals surface area contributed by atoms with Gasteiger partial charge in [-0.1, -0.05) is 20.3 Å². The summed E-state index contributed by atoms with van der Waals surface area (Å²) in [5, 5.41) is 3.31. The van der Waals surface area contributed by atoms with Crippen molar-refractivity contribution in [2.24, 2.45) is 0 Å². The van der Waals surface area contributed by atoms with Crippen LogP contribution < -0.4 is 5.32 Å². The van der Waals surface area contributed by atoms with Gasteiger partial charge in [-0.2, -0.15) is 0 Å². The Balaban J connectivity index is 2.52. The summed E-state index contributed by atoms with van der Waals surface area (Å²) in [5.41, 5.74) is 0.659. The third-order valence-corrected chi connectivity index (χ3v) is 2.65. The molecule has 1 rings (SSSR count). The first kappa shape index (κ1) is 13.1. The Kier molecular flexibility index (Phi) is 5.39. The molecule has 0 saturated heterocycles. The minimum atomic E-state index is -0.514. The Morgan fingerprint density at radius 1 is 1.12 bits per heavy atom. The molecule has 0 fully saturated rings.